The number of anilines is 1. The van der Waals surface area contributed by atoms with Gasteiger partial charge in [-0.3, -0.25) is 4.79 Å². The third-order valence-electron chi connectivity index (χ3n) is 2.45. The standard InChI is InChI=1S/C13H23N3O2/c1-4-6-16-9-11(14)8-12(16)13(17)15-5-7-18-10(2)3/h8-10H,4-7,14H2,1-3H3,(H,15,17). The van der Waals surface area contributed by atoms with Gasteiger partial charge in [0.05, 0.1) is 18.4 Å². The fraction of sp³-hybridized carbons (Fsp3) is 0.615. The number of rotatable bonds is 7. The number of aromatic nitrogens is 1. The molecule has 102 valence electrons. The summed E-state index contributed by atoms with van der Waals surface area (Å²) >= 11 is 0. The van der Waals surface area contributed by atoms with Crippen molar-refractivity contribution in [2.45, 2.75) is 39.8 Å². The van der Waals surface area contributed by atoms with Crippen LogP contribution in [0, 0.1) is 0 Å². The summed E-state index contributed by atoms with van der Waals surface area (Å²) in [6, 6.07) is 1.70. The van der Waals surface area contributed by atoms with E-state index in [0.29, 0.717) is 24.5 Å². The molecule has 0 unspecified atom stereocenters. The topological polar surface area (TPSA) is 69.3 Å². The quantitative estimate of drug-likeness (QED) is 0.726. The van der Waals surface area contributed by atoms with Gasteiger partial charge in [0.2, 0.25) is 0 Å². The van der Waals surface area contributed by atoms with Gasteiger partial charge in [0.15, 0.2) is 0 Å². The van der Waals surface area contributed by atoms with Crippen molar-refractivity contribution < 1.29 is 9.53 Å². The van der Waals surface area contributed by atoms with E-state index in [2.05, 4.69) is 12.2 Å². The SMILES string of the molecule is CCCn1cc(N)cc1C(=O)NCCOC(C)C. The predicted molar refractivity (Wildman–Crippen MR) is 72.6 cm³/mol. The number of carbonyl (C=O) groups is 1. The maximum atomic E-state index is 12.0. The molecule has 1 amide bonds. The number of amides is 1. The Balaban J connectivity index is 2.50. The highest BCUT2D eigenvalue weighted by atomic mass is 16.5. The van der Waals surface area contributed by atoms with E-state index in [-0.39, 0.29) is 12.0 Å². The number of hydrogen-bond acceptors (Lipinski definition) is 3. The monoisotopic (exact) mass is 253 g/mol. The summed E-state index contributed by atoms with van der Waals surface area (Å²) in [4.78, 5) is 12.0. The summed E-state index contributed by atoms with van der Waals surface area (Å²) in [5, 5.41) is 2.83. The first-order chi connectivity index (χ1) is 8.54. The summed E-state index contributed by atoms with van der Waals surface area (Å²) in [6.07, 6.45) is 2.94. The van der Waals surface area contributed by atoms with E-state index in [1.807, 2.05) is 18.4 Å². The molecular formula is C13H23N3O2. The molecule has 0 atom stereocenters. The maximum absolute atomic E-state index is 12.0. The smallest absolute Gasteiger partial charge is 0.268 e. The molecule has 0 fully saturated rings. The molecule has 0 aliphatic rings. The minimum atomic E-state index is -0.104. The second-order valence-electron chi connectivity index (χ2n) is 4.53. The Kier molecular flexibility index (Phi) is 5.71. The Morgan fingerprint density at radius 3 is 2.89 bits per heavy atom. The average molecular weight is 253 g/mol. The van der Waals surface area contributed by atoms with Crippen LogP contribution in [0.1, 0.15) is 37.7 Å². The van der Waals surface area contributed by atoms with Gasteiger partial charge in [-0.05, 0) is 26.3 Å². The molecule has 3 N–H and O–H groups in total. The van der Waals surface area contributed by atoms with Crippen LogP contribution in [0.4, 0.5) is 5.69 Å². The number of nitrogens with two attached hydrogens (primary N) is 1. The van der Waals surface area contributed by atoms with E-state index in [4.69, 9.17) is 10.5 Å². The number of ether oxygens (including phenoxy) is 1. The Bertz CT molecular complexity index is 386. The van der Waals surface area contributed by atoms with Crippen molar-refractivity contribution in [1.29, 1.82) is 0 Å². The molecule has 5 heteroatoms. The van der Waals surface area contributed by atoms with Crippen molar-refractivity contribution in [3.63, 3.8) is 0 Å². The van der Waals surface area contributed by atoms with Crippen molar-refractivity contribution in [1.82, 2.24) is 9.88 Å². The number of aryl methyl sites for hydroxylation is 1. The van der Waals surface area contributed by atoms with Crippen molar-refractivity contribution in [3.8, 4) is 0 Å². The van der Waals surface area contributed by atoms with E-state index in [1.54, 1.807) is 12.3 Å². The van der Waals surface area contributed by atoms with Crippen LogP contribution in [-0.2, 0) is 11.3 Å². The van der Waals surface area contributed by atoms with Crippen LogP contribution in [0.25, 0.3) is 0 Å². The first-order valence-corrected chi connectivity index (χ1v) is 6.40. The normalized spacial score (nSPS) is 10.9. The molecule has 0 saturated heterocycles. The third-order valence-corrected chi connectivity index (χ3v) is 2.45. The number of nitrogens with one attached hydrogen (secondary N) is 1. The molecule has 0 spiro atoms. The van der Waals surface area contributed by atoms with E-state index in [9.17, 15) is 4.79 Å². The van der Waals surface area contributed by atoms with Gasteiger partial charge in [-0.2, -0.15) is 0 Å². The Morgan fingerprint density at radius 1 is 1.56 bits per heavy atom. The minimum Gasteiger partial charge on any atom is -0.397 e. The second kappa shape index (κ2) is 7.06. The third kappa shape index (κ3) is 4.41. The first kappa shape index (κ1) is 14.6. The number of nitrogens with zero attached hydrogens (tertiary/aromatic N) is 1. The Morgan fingerprint density at radius 2 is 2.28 bits per heavy atom. The molecule has 1 heterocycles. The fourth-order valence-electron chi connectivity index (χ4n) is 1.70. The zero-order valence-corrected chi connectivity index (χ0v) is 11.4. The Labute approximate surface area is 108 Å². The van der Waals surface area contributed by atoms with Crippen LogP contribution in [0.2, 0.25) is 0 Å². The van der Waals surface area contributed by atoms with Crippen LogP contribution in [0.15, 0.2) is 12.3 Å². The van der Waals surface area contributed by atoms with Gasteiger partial charge in [0.1, 0.15) is 5.69 Å². The van der Waals surface area contributed by atoms with Gasteiger partial charge < -0.3 is 20.4 Å². The number of hydrogen-bond donors (Lipinski definition) is 2. The van der Waals surface area contributed by atoms with E-state index in [1.165, 1.54) is 0 Å². The largest absolute Gasteiger partial charge is 0.397 e. The second-order valence-corrected chi connectivity index (χ2v) is 4.53. The van der Waals surface area contributed by atoms with Crippen LogP contribution < -0.4 is 11.1 Å². The van der Waals surface area contributed by atoms with E-state index >= 15 is 0 Å². The summed E-state index contributed by atoms with van der Waals surface area (Å²) in [6.45, 7) is 7.82. The summed E-state index contributed by atoms with van der Waals surface area (Å²) in [7, 11) is 0. The molecule has 0 aromatic carbocycles. The molecule has 0 radical (unpaired) electrons. The van der Waals surface area contributed by atoms with Gasteiger partial charge in [0, 0.05) is 19.3 Å². The lowest BCUT2D eigenvalue weighted by Gasteiger charge is -2.10. The van der Waals surface area contributed by atoms with Crippen molar-refractivity contribution in [2.24, 2.45) is 0 Å². The Hall–Kier alpha value is -1.49. The molecule has 0 bridgehead atoms. The van der Waals surface area contributed by atoms with Gasteiger partial charge >= 0.3 is 0 Å². The molecule has 0 aliphatic carbocycles. The summed E-state index contributed by atoms with van der Waals surface area (Å²) < 4.78 is 7.25. The van der Waals surface area contributed by atoms with Crippen LogP contribution in [0.3, 0.4) is 0 Å². The zero-order chi connectivity index (χ0) is 13.5. The molecular weight excluding hydrogens is 230 g/mol. The predicted octanol–water partition coefficient (Wildman–Crippen LogP) is 1.64. The summed E-state index contributed by atoms with van der Waals surface area (Å²) in [5.41, 5.74) is 6.94. The van der Waals surface area contributed by atoms with Crippen LogP contribution in [-0.4, -0.2) is 29.7 Å². The van der Waals surface area contributed by atoms with E-state index in [0.717, 1.165) is 13.0 Å². The van der Waals surface area contributed by atoms with Crippen molar-refractivity contribution in [3.05, 3.63) is 18.0 Å². The molecule has 0 saturated carbocycles. The lowest BCUT2D eigenvalue weighted by atomic mass is 10.3. The summed E-state index contributed by atoms with van der Waals surface area (Å²) in [5.74, 6) is -0.104. The van der Waals surface area contributed by atoms with Gasteiger partial charge in [-0.25, -0.2) is 0 Å². The van der Waals surface area contributed by atoms with Crippen LogP contribution in [0.5, 0.6) is 0 Å². The molecule has 1 aromatic heterocycles. The molecule has 1 rings (SSSR count). The average Bonchev–Trinajstić information content (AvgIpc) is 2.66. The number of nitrogen functional groups attached to an aromatic ring is 1. The minimum absolute atomic E-state index is 0.104. The van der Waals surface area contributed by atoms with E-state index < -0.39 is 0 Å². The molecule has 18 heavy (non-hydrogen) atoms. The molecule has 5 nitrogen and oxygen atoms in total. The maximum Gasteiger partial charge on any atom is 0.268 e. The highest BCUT2D eigenvalue weighted by Gasteiger charge is 2.11. The fourth-order valence-corrected chi connectivity index (χ4v) is 1.70. The van der Waals surface area contributed by atoms with Gasteiger partial charge in [-0.15, -0.1) is 0 Å². The lowest BCUT2D eigenvalue weighted by Crippen LogP contribution is -2.29. The zero-order valence-electron chi connectivity index (χ0n) is 11.4. The molecule has 0 aliphatic heterocycles. The highest BCUT2D eigenvalue weighted by Crippen LogP contribution is 2.11. The highest BCUT2D eigenvalue weighted by molar-refractivity contribution is 5.93. The lowest BCUT2D eigenvalue weighted by molar-refractivity contribution is 0.0743. The first-order valence-electron chi connectivity index (χ1n) is 6.40. The van der Waals surface area contributed by atoms with Crippen molar-refractivity contribution in [2.75, 3.05) is 18.9 Å². The van der Waals surface area contributed by atoms with Gasteiger partial charge in [-0.1, -0.05) is 6.92 Å². The molecule has 1 aromatic rings. The van der Waals surface area contributed by atoms with Gasteiger partial charge in [0.25, 0.3) is 5.91 Å². The van der Waals surface area contributed by atoms with Crippen molar-refractivity contribution >= 4 is 11.6 Å². The van der Waals surface area contributed by atoms with Crippen LogP contribution >= 0.6 is 0 Å². The number of carbonyl (C=O) groups excluding carboxylic acids is 1.